The number of aliphatic hydroxyl groups excluding tert-OH is 1. The molecule has 1 aromatic heterocycles. The lowest BCUT2D eigenvalue weighted by atomic mass is 9.74. The highest BCUT2D eigenvalue weighted by molar-refractivity contribution is 5.64. The number of hydrogen-bond acceptors (Lipinski definition) is 5. The highest BCUT2D eigenvalue weighted by Crippen LogP contribution is 2.42. The molecule has 1 N–H and O–H groups in total. The van der Waals surface area contributed by atoms with Gasteiger partial charge in [0.15, 0.2) is 0 Å². The average Bonchev–Trinajstić information content (AvgIpc) is 2.81. The van der Waals surface area contributed by atoms with Crippen LogP contribution in [0, 0.1) is 6.92 Å². The fourth-order valence-electron chi connectivity index (χ4n) is 5.47. The number of nitrogens with zero attached hydrogens (tertiary/aromatic N) is 4. The van der Waals surface area contributed by atoms with E-state index in [0.717, 1.165) is 31.7 Å². The molecule has 0 spiro atoms. The molecule has 166 valence electrons. The molecule has 2 aliphatic rings. The van der Waals surface area contributed by atoms with E-state index in [1.807, 2.05) is 12.4 Å². The van der Waals surface area contributed by atoms with Crippen LogP contribution in [0.3, 0.4) is 0 Å². The van der Waals surface area contributed by atoms with Crippen LogP contribution in [0.25, 0.3) is 11.1 Å². The first-order valence-corrected chi connectivity index (χ1v) is 11.7. The summed E-state index contributed by atoms with van der Waals surface area (Å²) < 4.78 is 0. The molecule has 0 radical (unpaired) electrons. The Balaban J connectivity index is 1.35. The second-order valence-electron chi connectivity index (χ2n) is 9.26. The summed E-state index contributed by atoms with van der Waals surface area (Å²) in [5, 5.41) is 10.2. The number of aryl methyl sites for hydroxylation is 1. The lowest BCUT2D eigenvalue weighted by molar-refractivity contribution is -0.0655. The normalized spacial score (nSPS) is 24.2. The Morgan fingerprint density at radius 1 is 0.906 bits per heavy atom. The van der Waals surface area contributed by atoms with Crippen molar-refractivity contribution >= 4 is 0 Å². The number of fused-ring (bicyclic) bond motifs is 1. The first-order valence-electron chi connectivity index (χ1n) is 11.7. The first kappa shape index (κ1) is 21.3. The van der Waals surface area contributed by atoms with Crippen molar-refractivity contribution in [2.24, 2.45) is 0 Å². The van der Waals surface area contributed by atoms with Crippen LogP contribution in [-0.4, -0.2) is 63.2 Å². The Hall–Kier alpha value is -2.60. The quantitative estimate of drug-likeness (QED) is 0.668. The Kier molecular flexibility index (Phi) is 6.30. The van der Waals surface area contributed by atoms with Crippen LogP contribution < -0.4 is 0 Å². The lowest BCUT2D eigenvalue weighted by Gasteiger charge is -2.57. The molecule has 3 aromatic rings. The molecule has 0 bridgehead atoms. The first-order chi connectivity index (χ1) is 15.7. The van der Waals surface area contributed by atoms with Gasteiger partial charge >= 0.3 is 0 Å². The minimum atomic E-state index is 0.213. The van der Waals surface area contributed by atoms with Crippen molar-refractivity contribution in [3.05, 3.63) is 83.9 Å². The number of hydrogen-bond donors (Lipinski definition) is 1. The third kappa shape index (κ3) is 4.33. The van der Waals surface area contributed by atoms with E-state index in [4.69, 9.17) is 0 Å². The summed E-state index contributed by atoms with van der Waals surface area (Å²) in [6, 6.07) is 18.4. The Morgan fingerprint density at radius 2 is 1.56 bits per heavy atom. The zero-order chi connectivity index (χ0) is 21.9. The molecular formula is C27H32N4O. The average molecular weight is 429 g/mol. The maximum absolute atomic E-state index is 10.2. The number of aromatic nitrogens is 2. The van der Waals surface area contributed by atoms with Gasteiger partial charge in [0, 0.05) is 49.0 Å². The molecule has 2 fully saturated rings. The summed E-state index contributed by atoms with van der Waals surface area (Å²) in [5.74, 6) is 0.361. The van der Waals surface area contributed by atoms with Gasteiger partial charge in [-0.25, -0.2) is 9.97 Å². The lowest BCUT2D eigenvalue weighted by Crippen LogP contribution is -2.67. The van der Waals surface area contributed by atoms with Gasteiger partial charge in [0.1, 0.15) is 6.33 Å². The van der Waals surface area contributed by atoms with E-state index < -0.39 is 0 Å². The van der Waals surface area contributed by atoms with Crippen molar-refractivity contribution in [3.63, 3.8) is 0 Å². The molecule has 32 heavy (non-hydrogen) atoms. The molecule has 0 unspecified atom stereocenters. The maximum atomic E-state index is 10.2. The number of benzene rings is 2. The van der Waals surface area contributed by atoms with Gasteiger partial charge in [-0.15, -0.1) is 0 Å². The van der Waals surface area contributed by atoms with E-state index in [9.17, 15) is 5.11 Å². The van der Waals surface area contributed by atoms with Gasteiger partial charge in [0.05, 0.1) is 6.61 Å². The molecule has 5 heteroatoms. The molecular weight excluding hydrogens is 396 g/mol. The van der Waals surface area contributed by atoms with Crippen molar-refractivity contribution in [2.45, 2.75) is 44.3 Å². The van der Waals surface area contributed by atoms with E-state index in [2.05, 4.69) is 75.2 Å². The van der Waals surface area contributed by atoms with E-state index in [1.54, 1.807) is 6.33 Å². The topological polar surface area (TPSA) is 52.5 Å². The van der Waals surface area contributed by atoms with Crippen LogP contribution in [0.15, 0.2) is 67.3 Å². The van der Waals surface area contributed by atoms with Crippen molar-refractivity contribution in [3.8, 4) is 11.1 Å². The van der Waals surface area contributed by atoms with Crippen LogP contribution in [0.4, 0.5) is 0 Å². The summed E-state index contributed by atoms with van der Waals surface area (Å²) in [6.45, 7) is 6.41. The molecule has 3 atom stereocenters. The highest BCUT2D eigenvalue weighted by atomic mass is 16.3. The highest BCUT2D eigenvalue weighted by Gasteiger charge is 2.48. The molecule has 0 aliphatic carbocycles. The van der Waals surface area contributed by atoms with E-state index in [1.165, 1.54) is 35.1 Å². The van der Waals surface area contributed by atoms with Crippen LogP contribution >= 0.6 is 0 Å². The minimum absolute atomic E-state index is 0.213. The van der Waals surface area contributed by atoms with E-state index in [0.29, 0.717) is 12.0 Å². The van der Waals surface area contributed by atoms with Gasteiger partial charge in [-0.3, -0.25) is 9.80 Å². The Bertz CT molecular complexity index is 1010. The van der Waals surface area contributed by atoms with Crippen molar-refractivity contribution in [2.75, 3.05) is 26.2 Å². The zero-order valence-electron chi connectivity index (χ0n) is 18.8. The predicted octanol–water partition coefficient (Wildman–Crippen LogP) is 3.88. The van der Waals surface area contributed by atoms with Crippen LogP contribution in [0.2, 0.25) is 0 Å². The summed E-state index contributed by atoms with van der Waals surface area (Å²) >= 11 is 0. The predicted molar refractivity (Wildman–Crippen MR) is 127 cm³/mol. The molecule has 2 saturated heterocycles. The number of rotatable bonds is 5. The van der Waals surface area contributed by atoms with Gasteiger partial charge in [-0.2, -0.15) is 0 Å². The molecule has 2 aromatic carbocycles. The van der Waals surface area contributed by atoms with Gasteiger partial charge in [-0.1, -0.05) is 54.1 Å². The zero-order valence-corrected chi connectivity index (χ0v) is 18.8. The van der Waals surface area contributed by atoms with Gasteiger partial charge < -0.3 is 5.11 Å². The minimum Gasteiger partial charge on any atom is -0.395 e. The standard InChI is InChI=1S/C27H32N4O/c1-20-4-6-22(7-5-20)23-8-10-24(11-9-23)27-25-17-30(16-21-14-28-19-29-15-21)12-2-3-13-31(25)26(27)18-32/h4-11,14-15,19,25-27,32H,2-3,12-13,16-18H2,1H3/t25-,26-,27+/m0/s1. The largest absolute Gasteiger partial charge is 0.395 e. The summed E-state index contributed by atoms with van der Waals surface area (Å²) in [6.07, 6.45) is 7.79. The number of aliphatic hydroxyl groups is 1. The molecule has 0 saturated carbocycles. The molecule has 2 aliphatic heterocycles. The third-order valence-electron chi connectivity index (χ3n) is 7.15. The fraction of sp³-hybridized carbons (Fsp3) is 0.407. The molecule has 5 nitrogen and oxygen atoms in total. The van der Waals surface area contributed by atoms with Crippen LogP contribution in [0.5, 0.6) is 0 Å². The fourth-order valence-corrected chi connectivity index (χ4v) is 5.47. The maximum Gasteiger partial charge on any atom is 0.115 e. The smallest absolute Gasteiger partial charge is 0.115 e. The van der Waals surface area contributed by atoms with Gasteiger partial charge in [-0.05, 0) is 49.5 Å². The van der Waals surface area contributed by atoms with E-state index in [-0.39, 0.29) is 12.6 Å². The van der Waals surface area contributed by atoms with Gasteiger partial charge in [0.2, 0.25) is 0 Å². The van der Waals surface area contributed by atoms with Crippen molar-refractivity contribution < 1.29 is 5.11 Å². The van der Waals surface area contributed by atoms with E-state index >= 15 is 0 Å². The molecule has 3 heterocycles. The summed E-state index contributed by atoms with van der Waals surface area (Å²) in [5.41, 5.74) is 6.27. The molecule has 5 rings (SSSR count). The van der Waals surface area contributed by atoms with Crippen LogP contribution in [0.1, 0.15) is 35.4 Å². The monoisotopic (exact) mass is 428 g/mol. The SMILES string of the molecule is Cc1ccc(-c2ccc([C@H]3[C@H](CO)N4CCCCN(Cc5cncnc5)C[C@@H]34)cc2)cc1. The molecule has 0 amide bonds. The van der Waals surface area contributed by atoms with Crippen molar-refractivity contribution in [1.82, 2.24) is 19.8 Å². The third-order valence-corrected chi connectivity index (χ3v) is 7.15. The second kappa shape index (κ2) is 9.49. The summed E-state index contributed by atoms with van der Waals surface area (Å²) in [4.78, 5) is 13.4. The van der Waals surface area contributed by atoms with Crippen molar-refractivity contribution in [1.29, 1.82) is 0 Å². The summed E-state index contributed by atoms with van der Waals surface area (Å²) in [7, 11) is 0. The van der Waals surface area contributed by atoms with Crippen LogP contribution in [-0.2, 0) is 6.54 Å². The Labute approximate surface area is 190 Å². The second-order valence-corrected chi connectivity index (χ2v) is 9.26. The van der Waals surface area contributed by atoms with Gasteiger partial charge in [0.25, 0.3) is 0 Å². The Morgan fingerprint density at radius 3 is 2.25 bits per heavy atom.